The van der Waals surface area contributed by atoms with Crippen molar-refractivity contribution >= 4 is 16.9 Å². The zero-order valence-corrected chi connectivity index (χ0v) is 22.4. The molecule has 17 nitrogen and oxygen atoms in total. The Morgan fingerprint density at radius 3 is 1.93 bits per heavy atom. The van der Waals surface area contributed by atoms with E-state index in [0.29, 0.717) is 12.1 Å². The van der Waals surface area contributed by atoms with E-state index in [1.54, 1.807) is 0 Å². The first-order valence-corrected chi connectivity index (χ1v) is 12.7. The second-order valence-corrected chi connectivity index (χ2v) is 9.85. The number of fused-ring (bicyclic) bond motifs is 1. The Morgan fingerprint density at radius 1 is 0.778 bits per heavy atom. The average molecular weight is 632 g/mol. The molecule has 1 fully saturated rings. The third-order valence-corrected chi connectivity index (χ3v) is 6.86. The lowest BCUT2D eigenvalue weighted by Gasteiger charge is -2.41. The molecule has 0 aliphatic carbocycles. The fourth-order valence-electron chi connectivity index (χ4n) is 4.61. The Balaban J connectivity index is 1.65. The summed E-state index contributed by atoms with van der Waals surface area (Å²) in [6.07, 6.45) is -9.68. The van der Waals surface area contributed by atoms with Crippen LogP contribution in [0, 0.1) is 0 Å². The highest BCUT2D eigenvalue weighted by Gasteiger charge is 2.49. The number of phenols is 8. The van der Waals surface area contributed by atoms with Crippen LogP contribution in [0.3, 0.4) is 0 Å². The SMILES string of the molecule is O=C(O[C@@H]1C(O)[C@@H](O)C(CO)O[C@H]1Oc1c(-c2cc(O)c(O)c(O)c2)oc2cc(O)cc(O)c2c1=O)c1cc(O)c(O)c(O)c1. The van der Waals surface area contributed by atoms with Gasteiger partial charge in [-0.25, -0.2) is 4.79 Å². The van der Waals surface area contributed by atoms with Gasteiger partial charge in [0.1, 0.15) is 40.8 Å². The molecular weight excluding hydrogens is 608 g/mol. The number of hydrogen-bond donors (Lipinski definition) is 11. The van der Waals surface area contributed by atoms with E-state index in [2.05, 4.69) is 0 Å². The summed E-state index contributed by atoms with van der Waals surface area (Å²) in [5.74, 6) is -9.65. The van der Waals surface area contributed by atoms with E-state index >= 15 is 0 Å². The van der Waals surface area contributed by atoms with E-state index in [4.69, 9.17) is 18.6 Å². The van der Waals surface area contributed by atoms with Gasteiger partial charge in [-0.05, 0) is 24.3 Å². The molecule has 45 heavy (non-hydrogen) atoms. The first kappa shape index (κ1) is 30.8. The average Bonchev–Trinajstić information content (AvgIpc) is 2.98. The topological polar surface area (TPSA) is 298 Å². The molecule has 1 saturated heterocycles. The third kappa shape index (κ3) is 5.47. The quantitative estimate of drug-likeness (QED) is 0.0995. The summed E-state index contributed by atoms with van der Waals surface area (Å²) in [6.45, 7) is -0.919. The van der Waals surface area contributed by atoms with Crippen molar-refractivity contribution in [3.8, 4) is 63.1 Å². The highest BCUT2D eigenvalue weighted by molar-refractivity contribution is 5.91. The van der Waals surface area contributed by atoms with E-state index in [0.717, 1.165) is 24.3 Å². The van der Waals surface area contributed by atoms with Gasteiger partial charge in [0.25, 0.3) is 0 Å². The Hall–Kier alpha value is -5.62. The third-order valence-electron chi connectivity index (χ3n) is 6.86. The Labute approximate surface area is 249 Å². The number of aliphatic hydroxyl groups is 3. The van der Waals surface area contributed by atoms with Gasteiger partial charge < -0.3 is 74.8 Å². The van der Waals surface area contributed by atoms with Gasteiger partial charge in [0.15, 0.2) is 46.4 Å². The Bertz CT molecular complexity index is 1820. The minimum Gasteiger partial charge on any atom is -0.508 e. The van der Waals surface area contributed by atoms with Crippen molar-refractivity contribution in [3.63, 3.8) is 0 Å². The van der Waals surface area contributed by atoms with Crippen LogP contribution in [0.4, 0.5) is 0 Å². The molecule has 0 spiro atoms. The largest absolute Gasteiger partial charge is 0.508 e. The van der Waals surface area contributed by atoms with Crippen LogP contribution in [0.2, 0.25) is 0 Å². The van der Waals surface area contributed by atoms with Crippen LogP contribution in [0.15, 0.2) is 45.6 Å². The predicted octanol–water partition coefficient (Wildman–Crippen LogP) is 0.148. The van der Waals surface area contributed by atoms with E-state index in [1.165, 1.54) is 0 Å². The van der Waals surface area contributed by atoms with Gasteiger partial charge in [0, 0.05) is 17.7 Å². The summed E-state index contributed by atoms with van der Waals surface area (Å²) in [5.41, 5.74) is -2.47. The second kappa shape index (κ2) is 11.5. The molecule has 0 radical (unpaired) electrons. The number of rotatable bonds is 6. The van der Waals surface area contributed by atoms with Crippen LogP contribution < -0.4 is 10.2 Å². The maximum atomic E-state index is 13.7. The minimum atomic E-state index is -2.08. The highest BCUT2D eigenvalue weighted by Crippen LogP contribution is 2.43. The van der Waals surface area contributed by atoms with Crippen LogP contribution in [0.5, 0.6) is 51.7 Å². The second-order valence-electron chi connectivity index (χ2n) is 9.85. The normalized spacial score (nSPS) is 21.4. The van der Waals surface area contributed by atoms with Gasteiger partial charge in [0.2, 0.25) is 17.5 Å². The van der Waals surface area contributed by atoms with Gasteiger partial charge in [-0.2, -0.15) is 0 Å². The molecule has 11 N–H and O–H groups in total. The van der Waals surface area contributed by atoms with E-state index in [1.807, 2.05) is 0 Å². The molecule has 1 aliphatic rings. The molecule has 2 unspecified atom stereocenters. The number of phenolic OH excluding ortho intramolecular Hbond substituents is 8. The van der Waals surface area contributed by atoms with Crippen molar-refractivity contribution in [2.75, 3.05) is 6.61 Å². The number of aliphatic hydroxyl groups excluding tert-OH is 3. The highest BCUT2D eigenvalue weighted by atomic mass is 16.7. The van der Waals surface area contributed by atoms with E-state index in [9.17, 15) is 65.8 Å². The Kier molecular flexibility index (Phi) is 7.86. The predicted molar refractivity (Wildman–Crippen MR) is 145 cm³/mol. The van der Waals surface area contributed by atoms with Crippen LogP contribution in [-0.2, 0) is 9.47 Å². The number of aromatic hydroxyl groups is 8. The van der Waals surface area contributed by atoms with Crippen LogP contribution in [0.1, 0.15) is 10.4 Å². The fourth-order valence-corrected chi connectivity index (χ4v) is 4.61. The summed E-state index contributed by atoms with van der Waals surface area (Å²) in [6, 6.07) is 4.82. The van der Waals surface area contributed by atoms with E-state index in [-0.39, 0.29) is 5.56 Å². The van der Waals surface area contributed by atoms with Crippen molar-refractivity contribution in [2.45, 2.75) is 30.7 Å². The van der Waals surface area contributed by atoms with Crippen molar-refractivity contribution < 1.29 is 79.6 Å². The number of benzene rings is 3. The molecule has 1 aromatic heterocycles. The molecule has 5 atom stereocenters. The standard InChI is InChI=1S/C28H24O17/c29-7-17-21(38)23(40)26(44-27(41)9-3-14(34)20(37)15(35)4-9)28(43-17)45-25-22(39)18-11(31)5-10(30)6-16(18)42-24(25)8-1-12(32)19(36)13(33)2-8/h1-6,17,21,23,26,28-38,40H,7H2/t17?,21-,23?,26+,28-/m0/s1. The van der Waals surface area contributed by atoms with Gasteiger partial charge >= 0.3 is 5.97 Å². The summed E-state index contributed by atoms with van der Waals surface area (Å²) in [5, 5.41) is 110. The summed E-state index contributed by atoms with van der Waals surface area (Å²) < 4.78 is 22.1. The van der Waals surface area contributed by atoms with Gasteiger partial charge in [-0.1, -0.05) is 0 Å². The van der Waals surface area contributed by atoms with Crippen molar-refractivity contribution in [3.05, 3.63) is 52.2 Å². The lowest BCUT2D eigenvalue weighted by atomic mass is 9.99. The minimum absolute atomic E-state index is 0.321. The molecule has 2 heterocycles. The maximum absolute atomic E-state index is 13.7. The summed E-state index contributed by atoms with van der Waals surface area (Å²) in [7, 11) is 0. The number of esters is 1. The first-order chi connectivity index (χ1) is 21.2. The number of hydrogen-bond acceptors (Lipinski definition) is 17. The maximum Gasteiger partial charge on any atom is 0.339 e. The van der Waals surface area contributed by atoms with Crippen LogP contribution in [0.25, 0.3) is 22.3 Å². The molecule has 5 rings (SSSR count). The summed E-state index contributed by atoms with van der Waals surface area (Å²) in [4.78, 5) is 26.7. The molecule has 0 amide bonds. The molecule has 238 valence electrons. The molecule has 4 aromatic rings. The van der Waals surface area contributed by atoms with Crippen molar-refractivity contribution in [1.29, 1.82) is 0 Å². The Morgan fingerprint density at radius 2 is 1.36 bits per heavy atom. The smallest absolute Gasteiger partial charge is 0.339 e. The number of carbonyl (C=O) groups is 1. The number of carbonyl (C=O) groups excluding carboxylic acids is 1. The molecule has 1 aliphatic heterocycles. The molecule has 0 saturated carbocycles. The first-order valence-electron chi connectivity index (χ1n) is 12.7. The summed E-state index contributed by atoms with van der Waals surface area (Å²) >= 11 is 0. The number of ether oxygens (including phenoxy) is 3. The van der Waals surface area contributed by atoms with E-state index < -0.39 is 123 Å². The lowest BCUT2D eigenvalue weighted by Crippen LogP contribution is -2.61. The molecule has 17 heteroatoms. The molecule has 0 bridgehead atoms. The fraction of sp³-hybridized carbons (Fsp3) is 0.214. The van der Waals surface area contributed by atoms with Gasteiger partial charge in [-0.15, -0.1) is 0 Å². The monoisotopic (exact) mass is 632 g/mol. The molecule has 3 aromatic carbocycles. The van der Waals surface area contributed by atoms with Gasteiger partial charge in [0.05, 0.1) is 12.2 Å². The molecular formula is C28H24O17. The zero-order chi connectivity index (χ0) is 32.9. The van der Waals surface area contributed by atoms with Crippen LogP contribution in [-0.4, -0.2) is 99.5 Å². The zero-order valence-electron chi connectivity index (χ0n) is 22.4. The van der Waals surface area contributed by atoms with Crippen molar-refractivity contribution in [2.24, 2.45) is 0 Å². The van der Waals surface area contributed by atoms with Crippen molar-refractivity contribution in [1.82, 2.24) is 0 Å². The van der Waals surface area contributed by atoms with Gasteiger partial charge in [-0.3, -0.25) is 4.79 Å². The van der Waals surface area contributed by atoms with Crippen LogP contribution >= 0.6 is 0 Å². The lowest BCUT2D eigenvalue weighted by molar-refractivity contribution is -0.276.